The Labute approximate surface area is 190 Å². The van der Waals surface area contributed by atoms with Gasteiger partial charge in [0.1, 0.15) is 5.82 Å². The van der Waals surface area contributed by atoms with Gasteiger partial charge < -0.3 is 23.6 Å². The van der Waals surface area contributed by atoms with Crippen LogP contribution >= 0.6 is 0 Å². The zero-order valence-electron chi connectivity index (χ0n) is 18.4. The van der Waals surface area contributed by atoms with Crippen LogP contribution in [0.3, 0.4) is 0 Å². The van der Waals surface area contributed by atoms with Gasteiger partial charge >= 0.3 is 0 Å². The predicted octanol–water partition coefficient (Wildman–Crippen LogP) is 3.45. The molecule has 5 rings (SSSR count). The molecule has 0 atom stereocenters. The van der Waals surface area contributed by atoms with Gasteiger partial charge in [0.15, 0.2) is 11.5 Å². The van der Waals surface area contributed by atoms with Gasteiger partial charge in [0.25, 0.3) is 11.8 Å². The minimum atomic E-state index is -0.295. The molecule has 0 spiro atoms. The molecule has 0 radical (unpaired) electrons. The lowest BCUT2D eigenvalue weighted by Crippen LogP contribution is -2.48. The fourth-order valence-corrected chi connectivity index (χ4v) is 4.20. The molecule has 2 amide bonds. The molecule has 9 nitrogen and oxygen atoms in total. The van der Waals surface area contributed by atoms with E-state index in [1.165, 1.54) is 12.5 Å². The summed E-state index contributed by atoms with van der Waals surface area (Å²) in [4.78, 5) is 33.8. The third kappa shape index (κ3) is 4.27. The first-order chi connectivity index (χ1) is 16.1. The summed E-state index contributed by atoms with van der Waals surface area (Å²) in [6.07, 6.45) is 2.99. The molecule has 1 aliphatic rings. The summed E-state index contributed by atoms with van der Waals surface area (Å²) in [7, 11) is 0. The van der Waals surface area contributed by atoms with Crippen LogP contribution < -0.4 is 5.32 Å². The summed E-state index contributed by atoms with van der Waals surface area (Å²) in [5.41, 5.74) is 2.52. The summed E-state index contributed by atoms with van der Waals surface area (Å²) in [5, 5.41) is 2.85. The van der Waals surface area contributed by atoms with Crippen molar-refractivity contribution in [1.82, 2.24) is 19.4 Å². The summed E-state index contributed by atoms with van der Waals surface area (Å²) in [6, 6.07) is 12.5. The van der Waals surface area contributed by atoms with Gasteiger partial charge in [-0.15, -0.1) is 0 Å². The van der Waals surface area contributed by atoms with E-state index in [0.29, 0.717) is 31.1 Å². The summed E-state index contributed by atoms with van der Waals surface area (Å²) in [6.45, 7) is 6.41. The first-order valence-corrected chi connectivity index (χ1v) is 11.0. The standard InChI is InChI=1S/C24H25N5O4/c1-2-29-19-8-7-17(25-23(30)20-5-3-13-32-20)15-18(19)26-22(29)16-27-9-11-28(12-10-27)24(31)21-6-4-14-33-21/h3-8,13-15H,2,9-12,16H2,1H3,(H,25,30). The lowest BCUT2D eigenvalue weighted by molar-refractivity contribution is 0.0593. The van der Waals surface area contributed by atoms with Crippen LogP contribution in [0.4, 0.5) is 5.69 Å². The fraction of sp³-hybridized carbons (Fsp3) is 0.292. The van der Waals surface area contributed by atoms with Crippen LogP contribution in [-0.2, 0) is 13.1 Å². The minimum Gasteiger partial charge on any atom is -0.459 e. The molecule has 1 N–H and O–H groups in total. The van der Waals surface area contributed by atoms with E-state index in [1.807, 2.05) is 23.1 Å². The van der Waals surface area contributed by atoms with E-state index in [4.69, 9.17) is 13.8 Å². The van der Waals surface area contributed by atoms with Crippen molar-refractivity contribution in [1.29, 1.82) is 0 Å². The normalized spacial score (nSPS) is 14.6. The first kappa shape index (κ1) is 21.0. The molecule has 9 heteroatoms. The molecular weight excluding hydrogens is 422 g/mol. The van der Waals surface area contributed by atoms with E-state index in [1.54, 1.807) is 24.3 Å². The van der Waals surface area contributed by atoms with Gasteiger partial charge in [0.2, 0.25) is 0 Å². The van der Waals surface area contributed by atoms with Crippen LogP contribution in [0.25, 0.3) is 11.0 Å². The number of fused-ring (bicyclic) bond motifs is 1. The van der Waals surface area contributed by atoms with Crippen molar-refractivity contribution in [2.24, 2.45) is 0 Å². The number of nitrogens with one attached hydrogen (secondary N) is 1. The highest BCUT2D eigenvalue weighted by Gasteiger charge is 2.25. The van der Waals surface area contributed by atoms with Crippen molar-refractivity contribution in [3.05, 3.63) is 72.3 Å². The van der Waals surface area contributed by atoms with E-state index < -0.39 is 0 Å². The van der Waals surface area contributed by atoms with Gasteiger partial charge in [0.05, 0.1) is 30.1 Å². The highest BCUT2D eigenvalue weighted by Crippen LogP contribution is 2.23. The van der Waals surface area contributed by atoms with E-state index in [-0.39, 0.29) is 17.6 Å². The molecule has 4 aromatic rings. The molecule has 1 aromatic carbocycles. The molecule has 170 valence electrons. The highest BCUT2D eigenvalue weighted by atomic mass is 16.3. The topological polar surface area (TPSA) is 96.8 Å². The van der Waals surface area contributed by atoms with Crippen LogP contribution in [0.2, 0.25) is 0 Å². The SMILES string of the molecule is CCn1c(CN2CCN(C(=O)c3ccco3)CC2)nc2cc(NC(=O)c3ccco3)ccc21. The molecule has 0 bridgehead atoms. The lowest BCUT2D eigenvalue weighted by atomic mass is 10.2. The second-order valence-electron chi connectivity index (χ2n) is 7.95. The van der Waals surface area contributed by atoms with Crippen LogP contribution in [0.15, 0.2) is 63.8 Å². The molecule has 1 aliphatic heterocycles. The number of aromatic nitrogens is 2. The fourth-order valence-electron chi connectivity index (χ4n) is 4.20. The maximum atomic E-state index is 12.5. The van der Waals surface area contributed by atoms with Crippen molar-refractivity contribution in [2.75, 3.05) is 31.5 Å². The van der Waals surface area contributed by atoms with Crippen molar-refractivity contribution in [3.8, 4) is 0 Å². The second-order valence-corrected chi connectivity index (χ2v) is 7.95. The maximum absolute atomic E-state index is 12.5. The predicted molar refractivity (Wildman–Crippen MR) is 122 cm³/mol. The van der Waals surface area contributed by atoms with Gasteiger partial charge in [-0.1, -0.05) is 0 Å². The van der Waals surface area contributed by atoms with Gasteiger partial charge in [0, 0.05) is 38.4 Å². The number of benzene rings is 1. The molecule has 1 fully saturated rings. The quantitative estimate of drug-likeness (QED) is 0.486. The largest absolute Gasteiger partial charge is 0.459 e. The molecule has 33 heavy (non-hydrogen) atoms. The molecule has 3 aromatic heterocycles. The summed E-state index contributed by atoms with van der Waals surface area (Å²) < 4.78 is 12.6. The maximum Gasteiger partial charge on any atom is 0.291 e. The number of amides is 2. The number of rotatable bonds is 6. The Balaban J connectivity index is 1.27. The number of aryl methyl sites for hydroxylation is 1. The van der Waals surface area contributed by atoms with E-state index in [2.05, 4.69) is 21.7 Å². The third-order valence-corrected chi connectivity index (χ3v) is 5.90. The van der Waals surface area contributed by atoms with Crippen LogP contribution in [0.1, 0.15) is 33.9 Å². The number of anilines is 1. The highest BCUT2D eigenvalue weighted by molar-refractivity contribution is 6.03. The summed E-state index contributed by atoms with van der Waals surface area (Å²) in [5.74, 6) is 1.25. The van der Waals surface area contributed by atoms with Crippen LogP contribution in [0, 0.1) is 0 Å². The Hall–Kier alpha value is -3.85. The second kappa shape index (κ2) is 8.95. The average Bonchev–Trinajstić information content (AvgIpc) is 3.60. The zero-order chi connectivity index (χ0) is 22.8. The Morgan fingerprint density at radius 2 is 1.73 bits per heavy atom. The van der Waals surface area contributed by atoms with Crippen molar-refractivity contribution >= 4 is 28.5 Å². The summed E-state index contributed by atoms with van der Waals surface area (Å²) >= 11 is 0. The van der Waals surface area contributed by atoms with Gasteiger partial charge in [-0.3, -0.25) is 14.5 Å². The van der Waals surface area contributed by atoms with Crippen molar-refractivity contribution in [3.63, 3.8) is 0 Å². The van der Waals surface area contributed by atoms with E-state index >= 15 is 0 Å². The number of imidazole rings is 1. The van der Waals surface area contributed by atoms with Gasteiger partial charge in [-0.25, -0.2) is 4.98 Å². The van der Waals surface area contributed by atoms with E-state index in [0.717, 1.165) is 36.5 Å². The zero-order valence-corrected chi connectivity index (χ0v) is 18.4. The molecule has 0 aliphatic carbocycles. The monoisotopic (exact) mass is 447 g/mol. The van der Waals surface area contributed by atoms with Crippen LogP contribution in [0.5, 0.6) is 0 Å². The molecule has 1 saturated heterocycles. The number of furan rings is 2. The number of hydrogen-bond donors (Lipinski definition) is 1. The lowest BCUT2D eigenvalue weighted by Gasteiger charge is -2.34. The Bertz CT molecular complexity index is 1250. The number of carbonyl (C=O) groups excluding carboxylic acids is 2. The Kier molecular flexibility index (Phi) is 5.70. The molecular formula is C24H25N5O4. The average molecular weight is 447 g/mol. The first-order valence-electron chi connectivity index (χ1n) is 11.0. The Morgan fingerprint density at radius 1 is 1.00 bits per heavy atom. The number of hydrogen-bond acceptors (Lipinski definition) is 6. The molecule has 4 heterocycles. The van der Waals surface area contributed by atoms with Crippen molar-refractivity contribution < 1.29 is 18.4 Å². The smallest absolute Gasteiger partial charge is 0.291 e. The van der Waals surface area contributed by atoms with Crippen molar-refractivity contribution in [2.45, 2.75) is 20.0 Å². The number of nitrogens with zero attached hydrogens (tertiary/aromatic N) is 4. The van der Waals surface area contributed by atoms with Crippen LogP contribution in [-0.4, -0.2) is 57.3 Å². The minimum absolute atomic E-state index is 0.0652. The van der Waals surface area contributed by atoms with Gasteiger partial charge in [-0.2, -0.15) is 0 Å². The Morgan fingerprint density at radius 3 is 2.39 bits per heavy atom. The number of piperazine rings is 1. The van der Waals surface area contributed by atoms with Gasteiger partial charge in [-0.05, 0) is 49.4 Å². The van der Waals surface area contributed by atoms with E-state index in [9.17, 15) is 9.59 Å². The number of carbonyl (C=O) groups is 2. The molecule has 0 saturated carbocycles. The molecule has 0 unspecified atom stereocenters. The third-order valence-electron chi connectivity index (χ3n) is 5.90.